The van der Waals surface area contributed by atoms with Gasteiger partial charge in [-0.15, -0.1) is 0 Å². The molecule has 1 heterocycles. The van der Waals surface area contributed by atoms with E-state index in [0.29, 0.717) is 25.2 Å². The average molecular weight is 297 g/mol. The van der Waals surface area contributed by atoms with Gasteiger partial charge in [0.1, 0.15) is 5.82 Å². The van der Waals surface area contributed by atoms with Crippen LogP contribution in [0.2, 0.25) is 0 Å². The van der Waals surface area contributed by atoms with Crippen molar-refractivity contribution >= 4 is 0 Å². The number of hydrogen-bond acceptors (Lipinski definition) is 1. The van der Waals surface area contributed by atoms with Gasteiger partial charge >= 0.3 is 6.18 Å². The van der Waals surface area contributed by atoms with Crippen LogP contribution in [0.15, 0.2) is 18.2 Å². The summed E-state index contributed by atoms with van der Waals surface area (Å²) in [6.07, 6.45) is -4.43. The minimum Gasteiger partial charge on any atom is -0.317 e. The summed E-state index contributed by atoms with van der Waals surface area (Å²) in [6, 6.07) is 1.16. The molecule has 0 radical (unpaired) electrons. The van der Waals surface area contributed by atoms with E-state index in [4.69, 9.17) is 0 Å². The Kier molecular flexibility index (Phi) is 4.00. The van der Waals surface area contributed by atoms with Crippen LogP contribution in [0, 0.1) is 11.7 Å². The van der Waals surface area contributed by atoms with Crippen molar-refractivity contribution in [3.05, 3.63) is 35.1 Å². The molecular weight excluding hydrogens is 284 g/mol. The van der Waals surface area contributed by atoms with E-state index in [0.717, 1.165) is 0 Å². The number of halogens is 6. The van der Waals surface area contributed by atoms with E-state index in [-0.39, 0.29) is 18.9 Å². The zero-order valence-corrected chi connectivity index (χ0v) is 10.4. The van der Waals surface area contributed by atoms with Gasteiger partial charge in [0.05, 0.1) is 11.1 Å². The molecule has 2 rings (SSSR count). The number of hydrogen-bond donors (Lipinski definition) is 1. The van der Waals surface area contributed by atoms with Gasteiger partial charge in [-0.05, 0) is 44.1 Å². The second kappa shape index (κ2) is 5.27. The quantitative estimate of drug-likeness (QED) is 0.815. The van der Waals surface area contributed by atoms with Gasteiger partial charge in [-0.1, -0.05) is 0 Å². The second-order valence-corrected chi connectivity index (χ2v) is 4.84. The highest BCUT2D eigenvalue weighted by Gasteiger charge is 2.44. The monoisotopic (exact) mass is 297 g/mol. The molecule has 20 heavy (non-hydrogen) atoms. The molecule has 112 valence electrons. The zero-order chi connectivity index (χ0) is 15.0. The molecular formula is C13H13F6N. The first-order chi connectivity index (χ1) is 9.23. The van der Waals surface area contributed by atoms with Crippen LogP contribution in [0.1, 0.15) is 24.0 Å². The molecule has 1 aliphatic rings. The maximum Gasteiger partial charge on any atom is 0.416 e. The molecule has 1 aromatic carbocycles. The summed E-state index contributed by atoms with van der Waals surface area (Å²) in [5, 5.41) is 2.91. The Morgan fingerprint density at radius 2 is 1.60 bits per heavy atom. The first kappa shape index (κ1) is 15.2. The van der Waals surface area contributed by atoms with E-state index in [1.165, 1.54) is 0 Å². The third-order valence-corrected chi connectivity index (χ3v) is 3.51. The molecule has 0 spiro atoms. The first-order valence-corrected chi connectivity index (χ1v) is 6.18. The topological polar surface area (TPSA) is 12.0 Å². The van der Waals surface area contributed by atoms with Crippen LogP contribution in [0.4, 0.5) is 26.3 Å². The molecule has 1 aliphatic heterocycles. The lowest BCUT2D eigenvalue weighted by Crippen LogP contribution is -2.37. The fraction of sp³-hybridized carbons (Fsp3) is 0.538. The van der Waals surface area contributed by atoms with E-state index < -0.39 is 35.0 Å². The van der Waals surface area contributed by atoms with Crippen LogP contribution >= 0.6 is 0 Å². The average Bonchev–Trinajstić information content (AvgIpc) is 2.38. The van der Waals surface area contributed by atoms with Gasteiger partial charge < -0.3 is 5.32 Å². The minimum absolute atomic E-state index is 0.129. The van der Waals surface area contributed by atoms with Gasteiger partial charge in [0, 0.05) is 5.92 Å². The molecule has 0 saturated carbocycles. The van der Waals surface area contributed by atoms with Gasteiger partial charge in [0.25, 0.3) is 5.92 Å². The highest BCUT2D eigenvalue weighted by Crippen LogP contribution is 2.42. The number of piperidine rings is 1. The SMILES string of the molecule is Fc1cc(C(F)(F)F)ccc1C(F)(F)C1CCNCC1. The summed E-state index contributed by atoms with van der Waals surface area (Å²) in [7, 11) is 0. The Hall–Kier alpha value is -1.24. The predicted molar refractivity (Wildman–Crippen MR) is 60.9 cm³/mol. The Morgan fingerprint density at radius 1 is 1.00 bits per heavy atom. The summed E-state index contributed by atoms with van der Waals surface area (Å²) < 4.78 is 79.2. The Morgan fingerprint density at radius 3 is 2.10 bits per heavy atom. The third-order valence-electron chi connectivity index (χ3n) is 3.51. The van der Waals surface area contributed by atoms with E-state index >= 15 is 0 Å². The van der Waals surface area contributed by atoms with Crippen molar-refractivity contribution < 1.29 is 26.3 Å². The Balaban J connectivity index is 2.32. The molecule has 0 amide bonds. The van der Waals surface area contributed by atoms with Crippen LogP contribution in [0.5, 0.6) is 0 Å². The van der Waals surface area contributed by atoms with Crippen LogP contribution < -0.4 is 5.32 Å². The third kappa shape index (κ3) is 2.92. The van der Waals surface area contributed by atoms with E-state index in [1.807, 2.05) is 0 Å². The van der Waals surface area contributed by atoms with Crippen LogP contribution in [-0.2, 0) is 12.1 Å². The fourth-order valence-electron chi connectivity index (χ4n) is 2.37. The lowest BCUT2D eigenvalue weighted by molar-refractivity contribution is -0.138. The predicted octanol–water partition coefficient (Wildman–Crippen LogP) is 3.94. The van der Waals surface area contributed by atoms with Gasteiger partial charge in [-0.2, -0.15) is 13.2 Å². The lowest BCUT2D eigenvalue weighted by atomic mass is 9.86. The van der Waals surface area contributed by atoms with Crippen molar-refractivity contribution in [2.75, 3.05) is 13.1 Å². The van der Waals surface area contributed by atoms with Crippen molar-refractivity contribution in [2.24, 2.45) is 5.92 Å². The standard InChI is InChI=1S/C13H13F6N/c14-11-7-9(13(17,18)19)1-2-10(11)12(15,16)8-3-5-20-6-4-8/h1-2,7-8,20H,3-6H2. The van der Waals surface area contributed by atoms with E-state index in [2.05, 4.69) is 5.32 Å². The fourth-order valence-corrected chi connectivity index (χ4v) is 2.37. The normalized spacial score (nSPS) is 18.3. The molecule has 0 aliphatic carbocycles. The number of rotatable bonds is 2. The summed E-state index contributed by atoms with van der Waals surface area (Å²) in [5.41, 5.74) is -2.22. The van der Waals surface area contributed by atoms with Gasteiger partial charge in [-0.3, -0.25) is 0 Å². The van der Waals surface area contributed by atoms with Crippen LogP contribution in [-0.4, -0.2) is 13.1 Å². The maximum atomic E-state index is 14.2. The minimum atomic E-state index is -4.75. The number of nitrogens with one attached hydrogen (secondary N) is 1. The van der Waals surface area contributed by atoms with Gasteiger partial charge in [-0.25, -0.2) is 13.2 Å². The summed E-state index contributed by atoms with van der Waals surface area (Å²) >= 11 is 0. The number of alkyl halides is 5. The molecule has 1 N–H and O–H groups in total. The lowest BCUT2D eigenvalue weighted by Gasteiger charge is -2.31. The zero-order valence-electron chi connectivity index (χ0n) is 10.4. The van der Waals surface area contributed by atoms with Crippen LogP contribution in [0.25, 0.3) is 0 Å². The molecule has 0 unspecified atom stereocenters. The summed E-state index contributed by atoms with van der Waals surface area (Å²) in [6.45, 7) is 0.783. The van der Waals surface area contributed by atoms with Crippen LogP contribution in [0.3, 0.4) is 0 Å². The second-order valence-electron chi connectivity index (χ2n) is 4.84. The largest absolute Gasteiger partial charge is 0.416 e. The smallest absolute Gasteiger partial charge is 0.317 e. The number of benzene rings is 1. The maximum absolute atomic E-state index is 14.2. The molecule has 1 fully saturated rings. The molecule has 0 bridgehead atoms. The van der Waals surface area contributed by atoms with Gasteiger partial charge in [0.15, 0.2) is 0 Å². The molecule has 0 aromatic heterocycles. The van der Waals surface area contributed by atoms with Gasteiger partial charge in [0.2, 0.25) is 0 Å². The van der Waals surface area contributed by atoms with E-state index in [1.54, 1.807) is 0 Å². The Bertz CT molecular complexity index is 476. The van der Waals surface area contributed by atoms with Crippen molar-refractivity contribution in [3.63, 3.8) is 0 Å². The summed E-state index contributed by atoms with van der Waals surface area (Å²) in [5.74, 6) is -6.03. The van der Waals surface area contributed by atoms with Crippen molar-refractivity contribution in [2.45, 2.75) is 24.9 Å². The van der Waals surface area contributed by atoms with Crippen molar-refractivity contribution in [1.82, 2.24) is 5.32 Å². The van der Waals surface area contributed by atoms with Crippen molar-refractivity contribution in [1.29, 1.82) is 0 Å². The molecule has 0 atom stereocenters. The molecule has 1 aromatic rings. The molecule has 7 heteroatoms. The van der Waals surface area contributed by atoms with E-state index in [9.17, 15) is 26.3 Å². The summed E-state index contributed by atoms with van der Waals surface area (Å²) in [4.78, 5) is 0. The highest BCUT2D eigenvalue weighted by molar-refractivity contribution is 5.30. The molecule has 1 saturated heterocycles. The highest BCUT2D eigenvalue weighted by atomic mass is 19.4. The van der Waals surface area contributed by atoms with Crippen molar-refractivity contribution in [3.8, 4) is 0 Å². The molecule has 1 nitrogen and oxygen atoms in total. The Labute approximate surface area is 112 Å². The first-order valence-electron chi connectivity index (χ1n) is 6.18.